The smallest absolute Gasteiger partial charge is 0.254 e. The van der Waals surface area contributed by atoms with Crippen molar-refractivity contribution < 1.29 is 22.7 Å². The number of halogens is 4. The molecule has 22 heavy (non-hydrogen) atoms. The molecule has 2 N–H and O–H groups in total. The molecule has 1 heterocycles. The molecule has 124 valence electrons. The summed E-state index contributed by atoms with van der Waals surface area (Å²) in [4.78, 5) is 11.9. The van der Waals surface area contributed by atoms with Crippen LogP contribution in [0.15, 0.2) is 12.1 Å². The molecule has 0 radical (unpaired) electrons. The summed E-state index contributed by atoms with van der Waals surface area (Å²) in [5.41, 5.74) is -0.918. The molecule has 1 aromatic carbocycles. The number of ether oxygens (including phenoxy) is 1. The predicted octanol–water partition coefficient (Wildman–Crippen LogP) is 2.02. The summed E-state index contributed by atoms with van der Waals surface area (Å²) < 4.78 is 44.6. The van der Waals surface area contributed by atoms with Gasteiger partial charge < -0.3 is 15.4 Å². The Morgan fingerprint density at radius 1 is 1.36 bits per heavy atom. The lowest BCUT2D eigenvalue weighted by molar-refractivity contribution is 0.0887. The molecule has 1 unspecified atom stereocenters. The Labute approximate surface area is 132 Å². The number of amides is 1. The van der Waals surface area contributed by atoms with Gasteiger partial charge in [-0.25, -0.2) is 13.2 Å². The SMILES string of the molecule is COCC1(CNC(=O)c2ccc(F)c(F)c2F)CCCN1.Cl. The van der Waals surface area contributed by atoms with Crippen LogP contribution in [-0.2, 0) is 4.74 Å². The van der Waals surface area contributed by atoms with Crippen LogP contribution in [0.5, 0.6) is 0 Å². The molecule has 0 spiro atoms. The van der Waals surface area contributed by atoms with E-state index in [9.17, 15) is 18.0 Å². The van der Waals surface area contributed by atoms with Crippen molar-refractivity contribution in [3.05, 3.63) is 35.1 Å². The normalized spacial score (nSPS) is 20.5. The highest BCUT2D eigenvalue weighted by atomic mass is 35.5. The number of benzene rings is 1. The number of carbonyl (C=O) groups excluding carboxylic acids is 1. The maximum Gasteiger partial charge on any atom is 0.254 e. The highest BCUT2D eigenvalue weighted by molar-refractivity contribution is 5.94. The van der Waals surface area contributed by atoms with Gasteiger partial charge in [-0.3, -0.25) is 4.79 Å². The second-order valence-electron chi connectivity index (χ2n) is 5.15. The van der Waals surface area contributed by atoms with E-state index in [1.54, 1.807) is 7.11 Å². The minimum Gasteiger partial charge on any atom is -0.383 e. The van der Waals surface area contributed by atoms with Crippen LogP contribution in [0.1, 0.15) is 23.2 Å². The second-order valence-corrected chi connectivity index (χ2v) is 5.15. The van der Waals surface area contributed by atoms with Gasteiger partial charge in [-0.1, -0.05) is 0 Å². The van der Waals surface area contributed by atoms with Gasteiger partial charge in [0.25, 0.3) is 5.91 Å². The molecule has 8 heteroatoms. The first-order chi connectivity index (χ1) is 9.99. The van der Waals surface area contributed by atoms with Gasteiger partial charge in [-0.15, -0.1) is 12.4 Å². The summed E-state index contributed by atoms with van der Waals surface area (Å²) in [7, 11) is 1.55. The molecule has 1 saturated heterocycles. The van der Waals surface area contributed by atoms with Crippen LogP contribution < -0.4 is 10.6 Å². The van der Waals surface area contributed by atoms with E-state index >= 15 is 0 Å². The molecule has 0 aromatic heterocycles. The quantitative estimate of drug-likeness (QED) is 0.808. The van der Waals surface area contributed by atoms with Crippen molar-refractivity contribution >= 4 is 18.3 Å². The van der Waals surface area contributed by atoms with Gasteiger partial charge in [-0.2, -0.15) is 0 Å². The van der Waals surface area contributed by atoms with Crippen molar-refractivity contribution in [2.75, 3.05) is 26.8 Å². The van der Waals surface area contributed by atoms with E-state index < -0.39 is 34.5 Å². The van der Waals surface area contributed by atoms with E-state index in [0.717, 1.165) is 31.5 Å². The van der Waals surface area contributed by atoms with Gasteiger partial charge in [-0.05, 0) is 31.5 Å². The third kappa shape index (κ3) is 3.91. The van der Waals surface area contributed by atoms with E-state index in [1.165, 1.54) is 0 Å². The first kappa shape index (κ1) is 18.7. The van der Waals surface area contributed by atoms with Crippen LogP contribution in [-0.4, -0.2) is 38.3 Å². The zero-order valence-electron chi connectivity index (χ0n) is 12.0. The van der Waals surface area contributed by atoms with Crippen molar-refractivity contribution in [1.29, 1.82) is 0 Å². The van der Waals surface area contributed by atoms with Crippen LogP contribution in [0.4, 0.5) is 13.2 Å². The van der Waals surface area contributed by atoms with E-state index in [0.29, 0.717) is 6.61 Å². The van der Waals surface area contributed by atoms with Crippen LogP contribution in [0.2, 0.25) is 0 Å². The summed E-state index contributed by atoms with van der Waals surface area (Å²) in [5, 5.41) is 5.79. The Bertz CT molecular complexity index is 537. The molecular formula is C14H18ClF3N2O2. The summed E-state index contributed by atoms with van der Waals surface area (Å²) >= 11 is 0. The largest absolute Gasteiger partial charge is 0.383 e. The fourth-order valence-electron chi connectivity index (χ4n) is 2.52. The third-order valence-corrected chi connectivity index (χ3v) is 3.62. The summed E-state index contributed by atoms with van der Waals surface area (Å²) in [6.45, 7) is 1.42. The van der Waals surface area contributed by atoms with Gasteiger partial charge in [0.1, 0.15) is 0 Å². The Hall–Kier alpha value is -1.31. The molecule has 2 rings (SSSR count). The van der Waals surface area contributed by atoms with E-state index in [2.05, 4.69) is 10.6 Å². The molecule has 1 aliphatic rings. The lowest BCUT2D eigenvalue weighted by Crippen LogP contribution is -2.53. The van der Waals surface area contributed by atoms with Gasteiger partial charge in [0.05, 0.1) is 17.7 Å². The number of hydrogen-bond donors (Lipinski definition) is 2. The van der Waals surface area contributed by atoms with E-state index in [4.69, 9.17) is 4.74 Å². The lowest BCUT2D eigenvalue weighted by Gasteiger charge is -2.29. The maximum absolute atomic E-state index is 13.5. The zero-order chi connectivity index (χ0) is 15.5. The van der Waals surface area contributed by atoms with E-state index in [1.807, 2.05) is 0 Å². The van der Waals surface area contributed by atoms with Crippen molar-refractivity contribution in [2.45, 2.75) is 18.4 Å². The predicted molar refractivity (Wildman–Crippen MR) is 77.7 cm³/mol. The van der Waals surface area contributed by atoms with Crippen molar-refractivity contribution in [3.63, 3.8) is 0 Å². The first-order valence-corrected chi connectivity index (χ1v) is 6.65. The Kier molecular flexibility index (Phi) is 6.65. The first-order valence-electron chi connectivity index (χ1n) is 6.65. The van der Waals surface area contributed by atoms with Crippen LogP contribution in [0.3, 0.4) is 0 Å². The highest BCUT2D eigenvalue weighted by Crippen LogP contribution is 2.20. The van der Waals surface area contributed by atoms with Gasteiger partial charge in [0.2, 0.25) is 0 Å². The molecule has 1 aliphatic heterocycles. The molecule has 4 nitrogen and oxygen atoms in total. The van der Waals surface area contributed by atoms with Crippen LogP contribution in [0.25, 0.3) is 0 Å². The van der Waals surface area contributed by atoms with Gasteiger partial charge in [0, 0.05) is 13.7 Å². The molecule has 0 bridgehead atoms. The standard InChI is InChI=1S/C14H17F3N2O2.ClH/c1-21-8-14(5-2-6-19-14)7-18-13(20)9-3-4-10(15)12(17)11(9)16;/h3-4,19H,2,5-8H2,1H3,(H,18,20);1H. The number of rotatable bonds is 5. The molecule has 0 saturated carbocycles. The van der Waals surface area contributed by atoms with Gasteiger partial charge in [0.15, 0.2) is 17.5 Å². The molecule has 0 aliphatic carbocycles. The second kappa shape index (κ2) is 7.80. The Morgan fingerprint density at radius 3 is 2.68 bits per heavy atom. The molecule has 1 amide bonds. The third-order valence-electron chi connectivity index (χ3n) is 3.62. The number of hydrogen-bond acceptors (Lipinski definition) is 3. The number of carbonyl (C=O) groups is 1. The Balaban J connectivity index is 0.00000242. The van der Waals surface area contributed by atoms with Crippen molar-refractivity contribution in [1.82, 2.24) is 10.6 Å². The van der Waals surface area contributed by atoms with Crippen molar-refractivity contribution in [2.24, 2.45) is 0 Å². The summed E-state index contributed by atoms with van der Waals surface area (Å²) in [5.74, 6) is -5.23. The molecule has 1 atom stereocenters. The maximum atomic E-state index is 13.5. The monoisotopic (exact) mass is 338 g/mol. The van der Waals surface area contributed by atoms with Crippen LogP contribution in [0, 0.1) is 17.5 Å². The number of methoxy groups -OCH3 is 1. The Morgan fingerprint density at radius 2 is 2.09 bits per heavy atom. The van der Waals surface area contributed by atoms with E-state index in [-0.39, 0.29) is 19.0 Å². The zero-order valence-corrected chi connectivity index (χ0v) is 12.9. The van der Waals surface area contributed by atoms with Gasteiger partial charge >= 0.3 is 0 Å². The lowest BCUT2D eigenvalue weighted by atomic mass is 9.98. The fourth-order valence-corrected chi connectivity index (χ4v) is 2.52. The topological polar surface area (TPSA) is 50.4 Å². The minimum atomic E-state index is -1.65. The number of nitrogens with one attached hydrogen (secondary N) is 2. The van der Waals surface area contributed by atoms with Crippen LogP contribution >= 0.6 is 12.4 Å². The van der Waals surface area contributed by atoms with Crippen molar-refractivity contribution in [3.8, 4) is 0 Å². The molecule has 1 aromatic rings. The minimum absolute atomic E-state index is 0. The molecular weight excluding hydrogens is 321 g/mol. The average Bonchev–Trinajstić information content (AvgIpc) is 2.92. The highest BCUT2D eigenvalue weighted by Gasteiger charge is 2.34. The molecule has 1 fully saturated rings. The summed E-state index contributed by atoms with van der Waals surface area (Å²) in [6, 6.07) is 1.65. The fraction of sp³-hybridized carbons (Fsp3) is 0.500. The summed E-state index contributed by atoms with van der Waals surface area (Å²) in [6.07, 6.45) is 1.75. The average molecular weight is 339 g/mol.